The van der Waals surface area contributed by atoms with Gasteiger partial charge in [0.2, 0.25) is 0 Å². The van der Waals surface area contributed by atoms with Crippen molar-refractivity contribution in [3.05, 3.63) is 23.7 Å². The Balaban J connectivity index is 0.000000671. The van der Waals surface area contributed by atoms with Gasteiger partial charge in [0.05, 0.1) is 19.5 Å². The van der Waals surface area contributed by atoms with Gasteiger partial charge in [0.1, 0.15) is 5.76 Å². The third kappa shape index (κ3) is 4.61. The summed E-state index contributed by atoms with van der Waals surface area (Å²) in [7, 11) is 1.68. The quantitative estimate of drug-likeness (QED) is 0.670. The van der Waals surface area contributed by atoms with Gasteiger partial charge in [-0.25, -0.2) is 0 Å². The Bertz CT molecular complexity index is 181. The molecule has 1 aliphatic carbocycles. The van der Waals surface area contributed by atoms with Crippen molar-refractivity contribution in [1.82, 2.24) is 0 Å². The molecular weight excluding hydrogens is 164 g/mol. The topological polar surface area (TPSA) is 18.5 Å². The highest BCUT2D eigenvalue weighted by Crippen LogP contribution is 2.17. The van der Waals surface area contributed by atoms with E-state index < -0.39 is 0 Å². The maximum Gasteiger partial charge on any atom is 0.118 e. The Labute approximate surface area is 81.2 Å². The number of hydrogen-bond acceptors (Lipinski definition) is 2. The molecule has 1 rings (SSSR count). The third-order valence-corrected chi connectivity index (χ3v) is 1.60. The third-order valence-electron chi connectivity index (χ3n) is 1.60. The summed E-state index contributed by atoms with van der Waals surface area (Å²) in [5.41, 5.74) is 0. The lowest BCUT2D eigenvalue weighted by Gasteiger charge is -2.12. The Morgan fingerprint density at radius 1 is 1.38 bits per heavy atom. The van der Waals surface area contributed by atoms with Crippen molar-refractivity contribution < 1.29 is 9.47 Å². The normalized spacial score (nSPS) is 14.8. The predicted molar refractivity (Wildman–Crippen MR) is 55.4 cm³/mol. The highest BCUT2D eigenvalue weighted by Gasteiger charge is 2.04. The summed E-state index contributed by atoms with van der Waals surface area (Å²) < 4.78 is 10.4. The molecule has 1 aliphatic rings. The molecule has 0 aliphatic heterocycles. The van der Waals surface area contributed by atoms with Crippen LogP contribution in [0.15, 0.2) is 23.7 Å². The minimum Gasteiger partial charge on any atom is -0.498 e. The number of ether oxygens (including phenoxy) is 2. The first kappa shape index (κ1) is 12.1. The van der Waals surface area contributed by atoms with Gasteiger partial charge in [0, 0.05) is 12.5 Å². The Hall–Kier alpha value is -0.920. The molecule has 0 spiro atoms. The molecular formula is C11H20O2. The summed E-state index contributed by atoms with van der Waals surface area (Å²) in [5, 5.41) is 0. The van der Waals surface area contributed by atoms with Crippen molar-refractivity contribution >= 4 is 0 Å². The van der Waals surface area contributed by atoms with Crippen LogP contribution < -0.4 is 0 Å². The molecule has 0 aromatic carbocycles. The van der Waals surface area contributed by atoms with Crippen LogP contribution >= 0.6 is 0 Å². The largest absolute Gasteiger partial charge is 0.498 e. The zero-order valence-corrected chi connectivity index (χ0v) is 9.09. The van der Waals surface area contributed by atoms with Gasteiger partial charge in [-0.3, -0.25) is 0 Å². The van der Waals surface area contributed by atoms with E-state index in [1.54, 1.807) is 7.11 Å². The molecule has 0 N–H and O–H groups in total. The van der Waals surface area contributed by atoms with E-state index in [9.17, 15) is 0 Å². The van der Waals surface area contributed by atoms with Crippen LogP contribution in [-0.2, 0) is 9.47 Å². The first-order valence-electron chi connectivity index (χ1n) is 4.94. The molecule has 0 radical (unpaired) electrons. The first-order chi connectivity index (χ1) is 6.36. The van der Waals surface area contributed by atoms with E-state index in [1.807, 2.05) is 26.8 Å². The summed E-state index contributed by atoms with van der Waals surface area (Å²) in [4.78, 5) is 0. The van der Waals surface area contributed by atoms with Crippen LogP contribution in [0.2, 0.25) is 0 Å². The fraction of sp³-hybridized carbons (Fsp3) is 0.636. The first-order valence-corrected chi connectivity index (χ1v) is 4.94. The summed E-state index contributed by atoms with van der Waals surface area (Å²) in [5.74, 6) is 1.95. The average Bonchev–Trinajstić information content (AvgIpc) is 2.22. The van der Waals surface area contributed by atoms with Crippen molar-refractivity contribution in [3.8, 4) is 0 Å². The Morgan fingerprint density at radius 3 is 2.62 bits per heavy atom. The van der Waals surface area contributed by atoms with Crippen molar-refractivity contribution in [2.24, 2.45) is 0 Å². The van der Waals surface area contributed by atoms with E-state index >= 15 is 0 Å². The predicted octanol–water partition coefficient (Wildman–Crippen LogP) is 3.26. The molecule has 0 saturated carbocycles. The highest BCUT2D eigenvalue weighted by molar-refractivity contribution is 5.19. The second-order valence-corrected chi connectivity index (χ2v) is 2.39. The van der Waals surface area contributed by atoms with Gasteiger partial charge in [0.15, 0.2) is 0 Å². The summed E-state index contributed by atoms with van der Waals surface area (Å²) in [6.45, 7) is 6.73. The summed E-state index contributed by atoms with van der Waals surface area (Å²) >= 11 is 0. The smallest absolute Gasteiger partial charge is 0.118 e. The van der Waals surface area contributed by atoms with Crippen LogP contribution in [0.3, 0.4) is 0 Å². The standard InChI is InChI=1S/C9H14O2.C2H6/c1-3-11-9-6-4-5-8(7-9)10-2;1-2/h5,7H,3-4,6H2,1-2H3;1-2H3. The molecule has 13 heavy (non-hydrogen) atoms. The molecule has 0 heterocycles. The van der Waals surface area contributed by atoms with E-state index in [2.05, 4.69) is 6.08 Å². The van der Waals surface area contributed by atoms with Gasteiger partial charge in [-0.1, -0.05) is 13.8 Å². The van der Waals surface area contributed by atoms with Crippen LogP contribution in [-0.4, -0.2) is 13.7 Å². The Kier molecular flexibility index (Phi) is 7.17. The van der Waals surface area contributed by atoms with Crippen molar-refractivity contribution in [1.29, 1.82) is 0 Å². The maximum atomic E-state index is 5.36. The van der Waals surface area contributed by atoms with Crippen molar-refractivity contribution in [2.75, 3.05) is 13.7 Å². The van der Waals surface area contributed by atoms with E-state index in [0.29, 0.717) is 0 Å². The van der Waals surface area contributed by atoms with E-state index in [-0.39, 0.29) is 0 Å². The van der Waals surface area contributed by atoms with Gasteiger partial charge < -0.3 is 9.47 Å². The van der Waals surface area contributed by atoms with Crippen LogP contribution in [0.5, 0.6) is 0 Å². The lowest BCUT2D eigenvalue weighted by atomic mass is 10.1. The fourth-order valence-corrected chi connectivity index (χ4v) is 1.09. The number of hydrogen-bond donors (Lipinski definition) is 0. The zero-order valence-electron chi connectivity index (χ0n) is 9.09. The molecule has 0 unspecified atom stereocenters. The molecule has 0 bridgehead atoms. The van der Waals surface area contributed by atoms with Crippen molar-refractivity contribution in [2.45, 2.75) is 33.6 Å². The van der Waals surface area contributed by atoms with Crippen LogP contribution in [0, 0.1) is 0 Å². The number of rotatable bonds is 3. The maximum absolute atomic E-state index is 5.36. The van der Waals surface area contributed by atoms with Gasteiger partial charge in [-0.2, -0.15) is 0 Å². The molecule has 0 atom stereocenters. The molecule has 76 valence electrons. The number of allylic oxidation sites excluding steroid dienone is 3. The molecule has 0 saturated heterocycles. The lowest BCUT2D eigenvalue weighted by Crippen LogP contribution is -1.98. The molecule has 2 heteroatoms. The van der Waals surface area contributed by atoms with Gasteiger partial charge in [-0.15, -0.1) is 0 Å². The lowest BCUT2D eigenvalue weighted by molar-refractivity contribution is 0.210. The molecule has 2 nitrogen and oxygen atoms in total. The minimum absolute atomic E-state index is 0.739. The zero-order chi connectivity index (χ0) is 10.1. The SMILES string of the molecule is CC.CCOC1=CC(OC)=CCC1. The monoisotopic (exact) mass is 184 g/mol. The van der Waals surface area contributed by atoms with Crippen LogP contribution in [0.1, 0.15) is 33.6 Å². The fourth-order valence-electron chi connectivity index (χ4n) is 1.09. The van der Waals surface area contributed by atoms with Gasteiger partial charge in [-0.05, 0) is 19.4 Å². The molecule has 0 aromatic rings. The Morgan fingerprint density at radius 2 is 2.08 bits per heavy atom. The van der Waals surface area contributed by atoms with E-state index in [1.165, 1.54) is 0 Å². The average molecular weight is 184 g/mol. The van der Waals surface area contributed by atoms with E-state index in [4.69, 9.17) is 9.47 Å². The van der Waals surface area contributed by atoms with E-state index in [0.717, 1.165) is 31.0 Å². The second kappa shape index (κ2) is 7.71. The van der Waals surface area contributed by atoms with Gasteiger partial charge in [0.25, 0.3) is 0 Å². The number of methoxy groups -OCH3 is 1. The van der Waals surface area contributed by atoms with Crippen molar-refractivity contribution in [3.63, 3.8) is 0 Å². The van der Waals surface area contributed by atoms with Crippen LogP contribution in [0.4, 0.5) is 0 Å². The molecule has 0 amide bonds. The molecule has 0 fully saturated rings. The summed E-state index contributed by atoms with van der Waals surface area (Å²) in [6, 6.07) is 0. The second-order valence-electron chi connectivity index (χ2n) is 2.39. The van der Waals surface area contributed by atoms with Gasteiger partial charge >= 0.3 is 0 Å². The summed E-state index contributed by atoms with van der Waals surface area (Å²) in [6.07, 6.45) is 6.05. The van der Waals surface area contributed by atoms with Crippen LogP contribution in [0.25, 0.3) is 0 Å². The highest BCUT2D eigenvalue weighted by atomic mass is 16.5. The minimum atomic E-state index is 0.739. The molecule has 0 aromatic heterocycles.